The summed E-state index contributed by atoms with van der Waals surface area (Å²) < 4.78 is 14.1. The molecule has 0 bridgehead atoms. The maximum Gasteiger partial charge on any atom is 0.142 e. The van der Waals surface area contributed by atoms with Crippen LogP contribution in [0.25, 0.3) is 0 Å². The molecule has 1 aromatic carbocycles. The van der Waals surface area contributed by atoms with Crippen LogP contribution >= 0.6 is 11.6 Å². The van der Waals surface area contributed by atoms with Crippen LogP contribution in [-0.4, -0.2) is 36.0 Å². The monoisotopic (exact) mass is 295 g/mol. The highest BCUT2D eigenvalue weighted by Gasteiger charge is 2.36. The van der Waals surface area contributed by atoms with Crippen molar-refractivity contribution in [1.82, 2.24) is 4.90 Å². The second-order valence-corrected chi connectivity index (χ2v) is 5.88. The molecule has 108 valence electrons. The van der Waals surface area contributed by atoms with Gasteiger partial charge >= 0.3 is 0 Å². The number of alkyl halides is 1. The maximum atomic E-state index is 14.1. The van der Waals surface area contributed by atoms with Crippen molar-refractivity contribution in [2.45, 2.75) is 24.9 Å². The number of ketones is 1. The van der Waals surface area contributed by atoms with E-state index in [0.717, 1.165) is 5.56 Å². The van der Waals surface area contributed by atoms with Crippen LogP contribution in [-0.2, 0) is 4.79 Å². The largest absolute Gasteiger partial charge is 0.299 e. The zero-order chi connectivity index (χ0) is 14.8. The molecule has 1 heterocycles. The highest BCUT2D eigenvalue weighted by Crippen LogP contribution is 2.29. The van der Waals surface area contributed by atoms with Crippen molar-refractivity contribution < 1.29 is 9.18 Å². The van der Waals surface area contributed by atoms with E-state index >= 15 is 0 Å². The lowest BCUT2D eigenvalue weighted by molar-refractivity contribution is -0.118. The van der Waals surface area contributed by atoms with Gasteiger partial charge in [-0.05, 0) is 31.0 Å². The zero-order valence-corrected chi connectivity index (χ0v) is 12.4. The van der Waals surface area contributed by atoms with E-state index in [2.05, 4.69) is 6.58 Å². The summed E-state index contributed by atoms with van der Waals surface area (Å²) in [7, 11) is 0. The minimum Gasteiger partial charge on any atom is -0.299 e. The van der Waals surface area contributed by atoms with Gasteiger partial charge in [-0.25, -0.2) is 4.39 Å². The van der Waals surface area contributed by atoms with Gasteiger partial charge in [0.05, 0.1) is 5.92 Å². The van der Waals surface area contributed by atoms with Gasteiger partial charge in [-0.3, -0.25) is 9.69 Å². The number of nitrogens with zero attached hydrogens (tertiary/aromatic N) is 1. The number of carbonyl (C=O) groups excluding carboxylic acids is 1. The molecule has 0 amide bonds. The van der Waals surface area contributed by atoms with E-state index in [1.54, 1.807) is 19.1 Å². The molecular weight excluding hydrogens is 277 g/mol. The Bertz CT molecular complexity index is 502. The van der Waals surface area contributed by atoms with Crippen molar-refractivity contribution >= 4 is 17.4 Å². The number of Topliss-reactive ketones (excluding diaryl/α,β-unsaturated/α-hetero) is 1. The first-order valence-corrected chi connectivity index (χ1v) is 7.12. The average Bonchev–Trinajstić information content (AvgIpc) is 2.79. The molecule has 4 heteroatoms. The Labute approximate surface area is 124 Å². The van der Waals surface area contributed by atoms with Gasteiger partial charge in [-0.15, -0.1) is 0 Å². The Kier molecular flexibility index (Phi) is 4.61. The molecule has 1 aliphatic heterocycles. The van der Waals surface area contributed by atoms with Crippen LogP contribution in [0, 0.1) is 0 Å². The summed E-state index contributed by atoms with van der Waals surface area (Å²) in [6.07, 6.45) is 1.82. The molecule has 0 aliphatic carbocycles. The van der Waals surface area contributed by atoms with Crippen LogP contribution in [0.2, 0.25) is 5.02 Å². The normalized spacial score (nSPS) is 24.6. The highest BCUT2D eigenvalue weighted by atomic mass is 35.5. The van der Waals surface area contributed by atoms with Gasteiger partial charge in [-0.1, -0.05) is 36.4 Å². The summed E-state index contributed by atoms with van der Waals surface area (Å²) in [5.74, 6) is -0.151. The second-order valence-electron chi connectivity index (χ2n) is 5.44. The smallest absolute Gasteiger partial charge is 0.142 e. The van der Waals surface area contributed by atoms with Gasteiger partial charge in [-0.2, -0.15) is 0 Å². The third-order valence-corrected chi connectivity index (χ3v) is 4.15. The summed E-state index contributed by atoms with van der Waals surface area (Å²) in [6.45, 7) is 6.63. The molecule has 0 saturated carbocycles. The predicted octanol–water partition coefficient (Wildman–Crippen LogP) is 3.61. The Morgan fingerprint density at radius 2 is 2.20 bits per heavy atom. The van der Waals surface area contributed by atoms with E-state index in [1.165, 1.54) is 6.08 Å². The lowest BCUT2D eigenvalue weighted by Crippen LogP contribution is -2.32. The van der Waals surface area contributed by atoms with E-state index in [4.69, 9.17) is 11.6 Å². The van der Waals surface area contributed by atoms with Crippen LogP contribution in [0.15, 0.2) is 36.9 Å². The number of benzene rings is 1. The molecular formula is C16H19ClFNO. The minimum atomic E-state index is -1.32. The van der Waals surface area contributed by atoms with Gasteiger partial charge in [0, 0.05) is 24.7 Å². The molecule has 0 N–H and O–H groups in total. The molecule has 0 radical (unpaired) electrons. The van der Waals surface area contributed by atoms with Crippen molar-refractivity contribution in [2.24, 2.45) is 0 Å². The number of halogens is 2. The summed E-state index contributed by atoms with van der Waals surface area (Å²) in [5.41, 5.74) is -0.390. The SMILES string of the molecule is C=CC1(F)CCN(CC(C(C)=O)c2ccc(Cl)cc2)C1. The molecule has 2 unspecified atom stereocenters. The molecule has 1 fully saturated rings. The van der Waals surface area contributed by atoms with E-state index in [1.807, 2.05) is 17.0 Å². The number of carbonyl (C=O) groups is 1. The van der Waals surface area contributed by atoms with E-state index in [9.17, 15) is 9.18 Å². The van der Waals surface area contributed by atoms with Crippen molar-refractivity contribution in [3.05, 3.63) is 47.5 Å². The molecule has 1 aromatic rings. The number of likely N-dealkylation sites (tertiary alicyclic amines) is 1. The quantitative estimate of drug-likeness (QED) is 0.774. The van der Waals surface area contributed by atoms with Gasteiger partial charge in [0.15, 0.2) is 0 Å². The molecule has 0 spiro atoms. The van der Waals surface area contributed by atoms with Crippen LogP contribution < -0.4 is 0 Å². The second kappa shape index (κ2) is 6.06. The lowest BCUT2D eigenvalue weighted by Gasteiger charge is -2.23. The molecule has 2 atom stereocenters. The highest BCUT2D eigenvalue weighted by molar-refractivity contribution is 6.30. The number of hydrogen-bond donors (Lipinski definition) is 0. The van der Waals surface area contributed by atoms with Crippen LogP contribution in [0.4, 0.5) is 4.39 Å². The fraction of sp³-hybridized carbons (Fsp3) is 0.438. The number of rotatable bonds is 5. The predicted molar refractivity (Wildman–Crippen MR) is 80.0 cm³/mol. The Hall–Kier alpha value is -1.19. The summed E-state index contributed by atoms with van der Waals surface area (Å²) in [6, 6.07) is 7.28. The van der Waals surface area contributed by atoms with E-state index in [0.29, 0.717) is 31.1 Å². The Morgan fingerprint density at radius 3 is 2.70 bits per heavy atom. The standard InChI is InChI=1S/C16H19ClFNO/c1-3-16(18)8-9-19(11-16)10-15(12(2)20)13-4-6-14(17)7-5-13/h3-7,15H,1,8-11H2,2H3. The fourth-order valence-corrected chi connectivity index (χ4v) is 2.74. The molecule has 2 nitrogen and oxygen atoms in total. The summed E-state index contributed by atoms with van der Waals surface area (Å²) in [4.78, 5) is 13.9. The van der Waals surface area contributed by atoms with Crippen molar-refractivity contribution in [1.29, 1.82) is 0 Å². The maximum absolute atomic E-state index is 14.1. The van der Waals surface area contributed by atoms with Crippen LogP contribution in [0.5, 0.6) is 0 Å². The third kappa shape index (κ3) is 3.47. The van der Waals surface area contributed by atoms with Crippen LogP contribution in [0.3, 0.4) is 0 Å². The van der Waals surface area contributed by atoms with Gasteiger partial charge in [0.25, 0.3) is 0 Å². The molecule has 20 heavy (non-hydrogen) atoms. The van der Waals surface area contributed by atoms with Crippen molar-refractivity contribution in [2.75, 3.05) is 19.6 Å². The molecule has 1 saturated heterocycles. The van der Waals surface area contributed by atoms with Gasteiger partial charge < -0.3 is 0 Å². The first-order valence-electron chi connectivity index (χ1n) is 6.74. The van der Waals surface area contributed by atoms with Crippen molar-refractivity contribution in [3.63, 3.8) is 0 Å². The summed E-state index contributed by atoms with van der Waals surface area (Å²) >= 11 is 5.87. The Morgan fingerprint density at radius 1 is 1.55 bits per heavy atom. The van der Waals surface area contributed by atoms with Crippen LogP contribution in [0.1, 0.15) is 24.8 Å². The first-order chi connectivity index (χ1) is 9.43. The van der Waals surface area contributed by atoms with E-state index in [-0.39, 0.29) is 11.7 Å². The fourth-order valence-electron chi connectivity index (χ4n) is 2.62. The van der Waals surface area contributed by atoms with E-state index < -0.39 is 5.67 Å². The lowest BCUT2D eigenvalue weighted by atomic mass is 9.95. The van der Waals surface area contributed by atoms with Gasteiger partial charge in [0.2, 0.25) is 0 Å². The topological polar surface area (TPSA) is 20.3 Å². The molecule has 1 aliphatic rings. The average molecular weight is 296 g/mol. The van der Waals surface area contributed by atoms with Gasteiger partial charge in [0.1, 0.15) is 11.5 Å². The number of hydrogen-bond acceptors (Lipinski definition) is 2. The minimum absolute atomic E-state index is 0.0854. The Balaban J connectivity index is 2.09. The molecule has 2 rings (SSSR count). The summed E-state index contributed by atoms with van der Waals surface area (Å²) in [5, 5.41) is 0.645. The first kappa shape index (κ1) is 15.2. The third-order valence-electron chi connectivity index (χ3n) is 3.90. The zero-order valence-electron chi connectivity index (χ0n) is 11.6. The molecule has 0 aromatic heterocycles. The van der Waals surface area contributed by atoms with Crippen molar-refractivity contribution in [3.8, 4) is 0 Å².